The van der Waals surface area contributed by atoms with Crippen molar-refractivity contribution in [1.82, 2.24) is 19.5 Å². The summed E-state index contributed by atoms with van der Waals surface area (Å²) in [5.41, 5.74) is 1.52. The molecule has 8 heteroatoms. The summed E-state index contributed by atoms with van der Waals surface area (Å²) in [6, 6.07) is 0. The third-order valence-electron chi connectivity index (χ3n) is 4.40. The number of hydrogen-bond acceptors (Lipinski definition) is 6. The molecule has 1 saturated heterocycles. The van der Waals surface area contributed by atoms with E-state index in [-0.39, 0.29) is 18.2 Å². The van der Waals surface area contributed by atoms with Crippen LogP contribution in [0.2, 0.25) is 0 Å². The summed E-state index contributed by atoms with van der Waals surface area (Å²) >= 11 is 0. The van der Waals surface area contributed by atoms with Crippen LogP contribution in [0.3, 0.4) is 0 Å². The van der Waals surface area contributed by atoms with Gasteiger partial charge in [-0.3, -0.25) is 4.57 Å². The van der Waals surface area contributed by atoms with Gasteiger partial charge in [0.05, 0.1) is 6.10 Å². The predicted molar refractivity (Wildman–Crippen MR) is 74.6 cm³/mol. The van der Waals surface area contributed by atoms with Crippen molar-refractivity contribution in [3.63, 3.8) is 0 Å². The summed E-state index contributed by atoms with van der Waals surface area (Å²) in [5, 5.41) is 10.9. The van der Waals surface area contributed by atoms with Crippen molar-refractivity contribution in [2.45, 2.75) is 40.0 Å². The number of hydrogen-bond donors (Lipinski definition) is 0. The van der Waals surface area contributed by atoms with Gasteiger partial charge in [-0.05, 0) is 29.7 Å². The molecule has 2 aromatic heterocycles. The van der Waals surface area contributed by atoms with Gasteiger partial charge < -0.3 is 14.9 Å². The molecule has 0 radical (unpaired) electrons. The lowest BCUT2D eigenvalue weighted by molar-refractivity contribution is -0.394. The van der Waals surface area contributed by atoms with Crippen LogP contribution in [0.4, 0.5) is 5.95 Å². The molecule has 1 aliphatic heterocycles. The molecule has 21 heavy (non-hydrogen) atoms. The van der Waals surface area contributed by atoms with E-state index in [1.54, 1.807) is 17.8 Å². The van der Waals surface area contributed by atoms with Crippen LogP contribution in [-0.4, -0.2) is 30.5 Å². The lowest BCUT2D eigenvalue weighted by atomic mass is 9.93. The maximum Gasteiger partial charge on any atom is 0.471 e. The quantitative estimate of drug-likeness (QED) is 0.622. The van der Waals surface area contributed by atoms with Crippen molar-refractivity contribution in [2.75, 3.05) is 0 Å². The molecule has 0 saturated carbocycles. The Kier molecular flexibility index (Phi) is 3.12. The van der Waals surface area contributed by atoms with Crippen LogP contribution >= 0.6 is 0 Å². The first kappa shape index (κ1) is 13.9. The van der Waals surface area contributed by atoms with Crippen molar-refractivity contribution in [3.8, 4) is 0 Å². The van der Waals surface area contributed by atoms with E-state index in [0.29, 0.717) is 22.8 Å². The molecule has 3 rings (SSSR count). The molecule has 0 bridgehead atoms. The van der Waals surface area contributed by atoms with Gasteiger partial charge in [0, 0.05) is 5.92 Å². The molecule has 1 fully saturated rings. The minimum Gasteiger partial charge on any atom is -0.390 e. The fraction of sp³-hybridized carbons (Fsp3) is 0.615. The first-order valence-electron chi connectivity index (χ1n) is 6.91. The molecule has 0 aliphatic carbocycles. The summed E-state index contributed by atoms with van der Waals surface area (Å²) in [4.78, 5) is 22.5. The molecule has 4 atom stereocenters. The molecule has 0 unspecified atom stereocenters. The molecule has 3 heterocycles. The smallest absolute Gasteiger partial charge is 0.390 e. The highest BCUT2D eigenvalue weighted by molar-refractivity contribution is 5.74. The van der Waals surface area contributed by atoms with Crippen molar-refractivity contribution in [1.29, 1.82) is 0 Å². The molecular weight excluding hydrogens is 274 g/mol. The highest BCUT2D eigenvalue weighted by Gasteiger charge is 2.39. The van der Waals surface area contributed by atoms with Crippen LogP contribution in [0.5, 0.6) is 0 Å². The van der Waals surface area contributed by atoms with Crippen molar-refractivity contribution in [2.24, 2.45) is 11.8 Å². The molecule has 0 N–H and O–H groups in total. The Balaban J connectivity index is 2.14. The van der Waals surface area contributed by atoms with Gasteiger partial charge in [0.2, 0.25) is 5.65 Å². The standard InChI is InChI=1S/C13H17N5O3/c1-6-7(2)12(21-9(6)4)17-5-14-10-8(3)15-13(18(19)20)16-11(10)17/h5-7,9,12H,1-4H3/t6-,7+,9+,12+/m0/s1. The summed E-state index contributed by atoms with van der Waals surface area (Å²) in [5.74, 6) is 0.255. The second-order valence-electron chi connectivity index (χ2n) is 5.64. The second-order valence-corrected chi connectivity index (χ2v) is 5.64. The van der Waals surface area contributed by atoms with Crippen LogP contribution in [0, 0.1) is 28.9 Å². The van der Waals surface area contributed by atoms with Gasteiger partial charge in [0.25, 0.3) is 0 Å². The lowest BCUT2D eigenvalue weighted by Gasteiger charge is -2.17. The highest BCUT2D eigenvalue weighted by atomic mass is 16.6. The van der Waals surface area contributed by atoms with E-state index in [1.807, 2.05) is 6.92 Å². The molecule has 8 nitrogen and oxygen atoms in total. The largest absolute Gasteiger partial charge is 0.471 e. The Morgan fingerprint density at radius 3 is 2.57 bits per heavy atom. The number of imidazole rings is 1. The van der Waals surface area contributed by atoms with Crippen LogP contribution in [0.25, 0.3) is 11.2 Å². The predicted octanol–water partition coefficient (Wildman–Crippen LogP) is 2.23. The first-order chi connectivity index (χ1) is 9.90. The lowest BCUT2D eigenvalue weighted by Crippen LogP contribution is -2.15. The molecule has 1 aliphatic rings. The third-order valence-corrected chi connectivity index (χ3v) is 4.40. The van der Waals surface area contributed by atoms with Gasteiger partial charge in [-0.2, -0.15) is 0 Å². The monoisotopic (exact) mass is 291 g/mol. The van der Waals surface area contributed by atoms with Gasteiger partial charge in [0.15, 0.2) is 5.52 Å². The number of nitro groups is 1. The normalized spacial score (nSPS) is 29.1. The number of ether oxygens (including phenoxy) is 1. The maximum atomic E-state index is 10.9. The van der Waals surface area contributed by atoms with Gasteiger partial charge in [-0.15, -0.1) is 0 Å². The zero-order chi connectivity index (χ0) is 15.3. The SMILES string of the molecule is Cc1nc([N+](=O)[O-])nc2c1ncn2[C@@H]1O[C@H](C)[C@@H](C)[C@H]1C. The Morgan fingerprint density at radius 2 is 2.00 bits per heavy atom. The number of aryl methyl sites for hydroxylation is 1. The Hall–Kier alpha value is -2.09. The molecule has 2 aromatic rings. The topological polar surface area (TPSA) is 96.0 Å². The molecule has 112 valence electrons. The van der Waals surface area contributed by atoms with Crippen LogP contribution in [0.15, 0.2) is 6.33 Å². The first-order valence-corrected chi connectivity index (χ1v) is 6.91. The third kappa shape index (κ3) is 2.06. The van der Waals surface area contributed by atoms with Crippen molar-refractivity contribution >= 4 is 17.1 Å². The van der Waals surface area contributed by atoms with E-state index >= 15 is 0 Å². The second kappa shape index (κ2) is 4.73. The summed E-state index contributed by atoms with van der Waals surface area (Å²) in [6.07, 6.45) is 1.54. The maximum absolute atomic E-state index is 10.9. The Bertz CT molecular complexity index is 713. The fourth-order valence-electron chi connectivity index (χ4n) is 2.78. The van der Waals surface area contributed by atoms with E-state index in [1.165, 1.54) is 0 Å². The van der Waals surface area contributed by atoms with Gasteiger partial charge in [0.1, 0.15) is 18.2 Å². The number of fused-ring (bicyclic) bond motifs is 1. The zero-order valence-electron chi connectivity index (χ0n) is 12.3. The van der Waals surface area contributed by atoms with Crippen LogP contribution < -0.4 is 0 Å². The summed E-state index contributed by atoms with van der Waals surface area (Å²) in [6.45, 7) is 7.96. The average molecular weight is 291 g/mol. The van der Waals surface area contributed by atoms with Crippen LogP contribution in [0.1, 0.15) is 32.7 Å². The number of rotatable bonds is 2. The van der Waals surface area contributed by atoms with E-state index in [2.05, 4.69) is 28.8 Å². The molecule has 0 spiro atoms. The van der Waals surface area contributed by atoms with Gasteiger partial charge >= 0.3 is 5.95 Å². The average Bonchev–Trinajstić information content (AvgIpc) is 2.96. The van der Waals surface area contributed by atoms with E-state index in [9.17, 15) is 10.1 Å². The Labute approximate surface area is 121 Å². The van der Waals surface area contributed by atoms with E-state index in [0.717, 1.165) is 0 Å². The minimum absolute atomic E-state index is 0.125. The molecule has 0 aromatic carbocycles. The van der Waals surface area contributed by atoms with Gasteiger partial charge in [-0.1, -0.05) is 18.8 Å². The summed E-state index contributed by atoms with van der Waals surface area (Å²) < 4.78 is 7.75. The number of aromatic nitrogens is 4. The zero-order valence-corrected chi connectivity index (χ0v) is 12.3. The number of nitrogens with zero attached hydrogens (tertiary/aromatic N) is 5. The van der Waals surface area contributed by atoms with Gasteiger partial charge in [-0.25, -0.2) is 4.98 Å². The minimum atomic E-state index is -0.589. The Morgan fingerprint density at radius 1 is 1.29 bits per heavy atom. The fourth-order valence-corrected chi connectivity index (χ4v) is 2.78. The summed E-state index contributed by atoms with van der Waals surface area (Å²) in [7, 11) is 0. The van der Waals surface area contributed by atoms with Crippen molar-refractivity contribution < 1.29 is 9.66 Å². The van der Waals surface area contributed by atoms with E-state index < -0.39 is 10.9 Å². The van der Waals surface area contributed by atoms with Crippen LogP contribution in [-0.2, 0) is 4.74 Å². The van der Waals surface area contributed by atoms with E-state index in [4.69, 9.17) is 4.74 Å². The molecule has 0 amide bonds. The molecular formula is C13H17N5O3. The highest BCUT2D eigenvalue weighted by Crippen LogP contribution is 2.39. The van der Waals surface area contributed by atoms with Crippen molar-refractivity contribution in [3.05, 3.63) is 22.1 Å².